The Kier molecular flexibility index (Phi) is 66.2. The van der Waals surface area contributed by atoms with Crippen LogP contribution in [0.3, 0.4) is 0 Å². The first-order chi connectivity index (χ1) is 40.0. The van der Waals surface area contributed by atoms with Crippen LogP contribution in [-0.2, 0) is 28.6 Å². The molecule has 1 unspecified atom stereocenters. The summed E-state index contributed by atoms with van der Waals surface area (Å²) >= 11 is 0. The zero-order chi connectivity index (χ0) is 58.5. The number of hydrogen-bond donors (Lipinski definition) is 0. The van der Waals surface area contributed by atoms with Crippen LogP contribution in [0.5, 0.6) is 0 Å². The van der Waals surface area contributed by atoms with Crippen LogP contribution in [0.1, 0.15) is 355 Å². The lowest BCUT2D eigenvalue weighted by Crippen LogP contribution is -2.30. The summed E-state index contributed by atoms with van der Waals surface area (Å²) in [5.74, 6) is -0.874. The van der Waals surface area contributed by atoms with E-state index in [1.54, 1.807) is 0 Å². The fourth-order valence-corrected chi connectivity index (χ4v) is 10.2. The molecule has 0 aliphatic carbocycles. The number of esters is 3. The van der Waals surface area contributed by atoms with Gasteiger partial charge in [-0.15, -0.1) is 0 Å². The second kappa shape index (κ2) is 69.1. The average molecular weight is 1130 g/mol. The average Bonchev–Trinajstić information content (AvgIpc) is 3.47. The standard InChI is InChI=1S/C75H132O6/c1-4-7-10-13-16-19-22-25-28-31-34-36-37-39-41-44-47-50-53-56-59-62-65-68-74(77)80-71-72(70-79-73(76)67-64-61-58-55-52-49-46-43-40-33-30-27-24-21-18-15-12-9-6-3)81-75(78)69-66-63-60-57-54-51-48-45-42-38-35-32-29-26-23-20-17-14-11-8-5-2/h7,10,16,19,23,25-26,28,32,34-36,39,41,72H,4-6,8-9,11-15,17-18,20-22,24,27,29-31,33,37-38,40,42-71H2,1-3H3/b10-7-,19-16-,26-23-,28-25-,35-32-,36-34-,41-39-. The van der Waals surface area contributed by atoms with Crippen molar-refractivity contribution in [2.24, 2.45) is 0 Å². The molecule has 0 N–H and O–H groups in total. The molecule has 0 rings (SSSR count). The highest BCUT2D eigenvalue weighted by molar-refractivity contribution is 5.71. The molecule has 0 aromatic rings. The van der Waals surface area contributed by atoms with E-state index in [-0.39, 0.29) is 31.1 Å². The lowest BCUT2D eigenvalue weighted by Gasteiger charge is -2.18. The van der Waals surface area contributed by atoms with Gasteiger partial charge in [-0.1, -0.05) is 324 Å². The third-order valence-electron chi connectivity index (χ3n) is 15.4. The van der Waals surface area contributed by atoms with Gasteiger partial charge < -0.3 is 14.2 Å². The predicted molar refractivity (Wildman–Crippen MR) is 353 cm³/mol. The maximum atomic E-state index is 13.0. The maximum Gasteiger partial charge on any atom is 0.306 e. The van der Waals surface area contributed by atoms with Crippen molar-refractivity contribution >= 4 is 17.9 Å². The third-order valence-corrected chi connectivity index (χ3v) is 15.4. The highest BCUT2D eigenvalue weighted by atomic mass is 16.6. The van der Waals surface area contributed by atoms with Crippen molar-refractivity contribution in [3.63, 3.8) is 0 Å². The van der Waals surface area contributed by atoms with Crippen molar-refractivity contribution in [1.82, 2.24) is 0 Å². The zero-order valence-electron chi connectivity index (χ0n) is 53.8. The van der Waals surface area contributed by atoms with Gasteiger partial charge in [0.25, 0.3) is 0 Å². The van der Waals surface area contributed by atoms with Gasteiger partial charge >= 0.3 is 17.9 Å². The number of allylic oxidation sites excluding steroid dienone is 14. The lowest BCUT2D eigenvalue weighted by molar-refractivity contribution is -0.167. The third kappa shape index (κ3) is 67.3. The minimum absolute atomic E-state index is 0.0784. The number of rotatable bonds is 64. The molecule has 0 fully saturated rings. The fourth-order valence-electron chi connectivity index (χ4n) is 10.2. The molecule has 0 heterocycles. The van der Waals surface area contributed by atoms with Crippen molar-refractivity contribution in [1.29, 1.82) is 0 Å². The largest absolute Gasteiger partial charge is 0.462 e. The first-order valence-corrected chi connectivity index (χ1v) is 35.1. The number of carbonyl (C=O) groups excluding carboxylic acids is 3. The molecule has 468 valence electrons. The summed E-state index contributed by atoms with van der Waals surface area (Å²) < 4.78 is 17.0. The highest BCUT2D eigenvalue weighted by Gasteiger charge is 2.19. The van der Waals surface area contributed by atoms with Crippen molar-refractivity contribution in [2.75, 3.05) is 13.2 Å². The fraction of sp³-hybridized carbons (Fsp3) is 0.773. The molecule has 6 heteroatoms. The van der Waals surface area contributed by atoms with Gasteiger partial charge in [0.15, 0.2) is 6.10 Å². The van der Waals surface area contributed by atoms with Crippen LogP contribution >= 0.6 is 0 Å². The van der Waals surface area contributed by atoms with Crippen LogP contribution < -0.4 is 0 Å². The van der Waals surface area contributed by atoms with E-state index in [4.69, 9.17) is 14.2 Å². The van der Waals surface area contributed by atoms with Crippen LogP contribution in [0.4, 0.5) is 0 Å². The summed E-state index contributed by atoms with van der Waals surface area (Å²) in [6.45, 7) is 6.56. The Hall–Kier alpha value is -3.41. The molecule has 0 saturated heterocycles. The Labute approximate surface area is 503 Å². The van der Waals surface area contributed by atoms with Gasteiger partial charge in [0, 0.05) is 19.3 Å². The Morgan fingerprint density at radius 2 is 0.481 bits per heavy atom. The molecular weight excluding hydrogens is 997 g/mol. The lowest BCUT2D eigenvalue weighted by atomic mass is 10.0. The number of hydrogen-bond acceptors (Lipinski definition) is 6. The van der Waals surface area contributed by atoms with E-state index in [1.165, 1.54) is 212 Å². The molecule has 0 aliphatic heterocycles. The monoisotopic (exact) mass is 1130 g/mol. The van der Waals surface area contributed by atoms with Crippen LogP contribution in [-0.4, -0.2) is 37.2 Å². The second-order valence-electron chi connectivity index (χ2n) is 23.4. The van der Waals surface area contributed by atoms with Gasteiger partial charge in [-0.3, -0.25) is 14.4 Å². The van der Waals surface area contributed by atoms with Crippen molar-refractivity contribution in [3.8, 4) is 0 Å². The molecule has 0 spiro atoms. The molecule has 0 aromatic carbocycles. The van der Waals surface area contributed by atoms with E-state index < -0.39 is 6.10 Å². The van der Waals surface area contributed by atoms with Gasteiger partial charge in [-0.2, -0.15) is 0 Å². The summed E-state index contributed by atoms with van der Waals surface area (Å²) in [5, 5.41) is 0. The normalized spacial score (nSPS) is 12.6. The summed E-state index contributed by atoms with van der Waals surface area (Å²) in [6, 6.07) is 0. The van der Waals surface area contributed by atoms with Crippen LogP contribution in [0.15, 0.2) is 85.1 Å². The van der Waals surface area contributed by atoms with E-state index >= 15 is 0 Å². The quantitative estimate of drug-likeness (QED) is 0.0261. The molecule has 0 aromatic heterocycles. The summed E-state index contributed by atoms with van der Waals surface area (Å²) in [7, 11) is 0. The first kappa shape index (κ1) is 77.6. The van der Waals surface area contributed by atoms with Crippen molar-refractivity contribution in [3.05, 3.63) is 85.1 Å². The molecule has 6 nitrogen and oxygen atoms in total. The van der Waals surface area contributed by atoms with Crippen molar-refractivity contribution < 1.29 is 28.6 Å². The zero-order valence-corrected chi connectivity index (χ0v) is 53.8. The second-order valence-corrected chi connectivity index (χ2v) is 23.4. The van der Waals surface area contributed by atoms with Gasteiger partial charge in [0.1, 0.15) is 13.2 Å². The Morgan fingerprint density at radius 3 is 0.753 bits per heavy atom. The van der Waals surface area contributed by atoms with Crippen LogP contribution in [0.25, 0.3) is 0 Å². The minimum Gasteiger partial charge on any atom is -0.462 e. The van der Waals surface area contributed by atoms with Crippen LogP contribution in [0.2, 0.25) is 0 Å². The highest BCUT2D eigenvalue weighted by Crippen LogP contribution is 2.17. The van der Waals surface area contributed by atoms with Gasteiger partial charge in [-0.05, 0) is 96.3 Å². The van der Waals surface area contributed by atoms with Crippen LogP contribution in [0, 0.1) is 0 Å². The SMILES string of the molecule is CC/C=C\C/C=C\C/C=C\C/C=C\C/C=C\CCCCCCCCCC(=O)OCC(COC(=O)CCCCCCCCCCCCCCCCCCCCC)OC(=O)CCCCCCCCCCC/C=C\C/C=C\CCCCCCC. The predicted octanol–water partition coefficient (Wildman–Crippen LogP) is 24.2. The summed E-state index contributed by atoms with van der Waals surface area (Å²) in [6.07, 6.45) is 91.6. The summed E-state index contributed by atoms with van der Waals surface area (Å²) in [4.78, 5) is 38.5. The van der Waals surface area contributed by atoms with E-state index in [9.17, 15) is 14.4 Å². The molecule has 0 aliphatic rings. The number of ether oxygens (including phenoxy) is 3. The molecule has 0 saturated carbocycles. The van der Waals surface area contributed by atoms with Gasteiger partial charge in [0.05, 0.1) is 0 Å². The van der Waals surface area contributed by atoms with E-state index in [0.717, 1.165) is 103 Å². The van der Waals surface area contributed by atoms with Crippen molar-refractivity contribution in [2.45, 2.75) is 361 Å². The number of unbranched alkanes of at least 4 members (excludes halogenated alkanes) is 39. The molecule has 1 atom stereocenters. The Morgan fingerprint density at radius 1 is 0.259 bits per heavy atom. The van der Waals surface area contributed by atoms with E-state index in [2.05, 4.69) is 106 Å². The Bertz CT molecular complexity index is 1530. The van der Waals surface area contributed by atoms with E-state index in [1.807, 2.05) is 0 Å². The molecule has 0 bridgehead atoms. The van der Waals surface area contributed by atoms with E-state index in [0.29, 0.717) is 19.3 Å². The topological polar surface area (TPSA) is 78.9 Å². The maximum absolute atomic E-state index is 13.0. The smallest absolute Gasteiger partial charge is 0.306 e. The first-order valence-electron chi connectivity index (χ1n) is 35.1. The van der Waals surface area contributed by atoms with Gasteiger partial charge in [-0.25, -0.2) is 0 Å². The minimum atomic E-state index is -0.785. The van der Waals surface area contributed by atoms with Gasteiger partial charge in [0.2, 0.25) is 0 Å². The Balaban J connectivity index is 4.39. The molecule has 0 amide bonds. The number of carbonyl (C=O) groups is 3. The molecular formula is C75H132O6. The summed E-state index contributed by atoms with van der Waals surface area (Å²) in [5.41, 5.74) is 0. The molecule has 81 heavy (non-hydrogen) atoms. The molecule has 0 radical (unpaired) electrons.